The molecule has 0 atom stereocenters. The highest BCUT2D eigenvalue weighted by molar-refractivity contribution is 7.39. The van der Waals surface area contributed by atoms with Crippen LogP contribution < -0.4 is 8.85 Å². The van der Waals surface area contributed by atoms with Crippen molar-refractivity contribution in [3.05, 3.63) is 59.7 Å². The van der Waals surface area contributed by atoms with Crippen molar-refractivity contribution < 1.29 is 8.85 Å². The highest BCUT2D eigenvalue weighted by Crippen LogP contribution is 2.26. The Balaban J connectivity index is 2.05. The molecule has 0 aliphatic heterocycles. The average Bonchev–Trinajstić information content (AvgIpc) is 2.34. The van der Waals surface area contributed by atoms with Crippen molar-refractivity contribution in [1.29, 1.82) is 0 Å². The monoisotopic (exact) mass is 312 g/mol. The summed E-state index contributed by atoms with van der Waals surface area (Å²) in [6, 6.07) is 15.0. The molecule has 0 saturated heterocycles. The number of benzene rings is 2. The maximum atomic E-state index is 6.14. The van der Waals surface area contributed by atoms with Gasteiger partial charge in [-0.2, -0.15) is 0 Å². The van der Waals surface area contributed by atoms with Crippen molar-refractivity contribution in [3.63, 3.8) is 0 Å². The highest BCUT2D eigenvalue weighted by Gasteiger charge is 2.39. The third-order valence-electron chi connectivity index (χ3n) is 2.52. The molecule has 2 aromatic rings. The first-order valence-electron chi connectivity index (χ1n) is 5.84. The van der Waals surface area contributed by atoms with Gasteiger partial charge in [-0.25, -0.2) is 0 Å². The summed E-state index contributed by atoms with van der Waals surface area (Å²) in [7, 11) is -3.28. The minimum Gasteiger partial charge on any atom is -0.490 e. The highest BCUT2D eigenvalue weighted by atomic mass is 35.7. The molecule has 0 aromatic heterocycles. The Kier molecular flexibility index (Phi) is 4.40. The fourth-order valence-corrected chi connectivity index (χ4v) is 3.44. The summed E-state index contributed by atoms with van der Waals surface area (Å²) in [5.74, 6) is 1.21. The predicted octanol–water partition coefficient (Wildman–Crippen LogP) is 4.67. The molecule has 100 valence electrons. The molecule has 0 heterocycles. The van der Waals surface area contributed by atoms with Crippen LogP contribution in [0.25, 0.3) is 0 Å². The molecule has 0 aliphatic carbocycles. The first-order valence-corrected chi connectivity index (χ1v) is 9.68. The number of halogens is 2. The third kappa shape index (κ3) is 4.46. The second-order valence-corrected chi connectivity index (χ2v) is 9.19. The molecule has 0 saturated carbocycles. The smallest absolute Gasteiger partial charge is 0.490 e. The Hall–Kier alpha value is -1.16. The minimum absolute atomic E-state index is 0.606. The van der Waals surface area contributed by atoms with Gasteiger partial charge in [0.05, 0.1) is 0 Å². The van der Waals surface area contributed by atoms with Crippen molar-refractivity contribution in [2.45, 2.75) is 13.8 Å². The van der Waals surface area contributed by atoms with E-state index < -0.39 is 7.18 Å². The van der Waals surface area contributed by atoms with Crippen LogP contribution in [0.5, 0.6) is 11.5 Å². The van der Waals surface area contributed by atoms with Crippen LogP contribution >= 0.6 is 22.2 Å². The Labute approximate surface area is 123 Å². The van der Waals surface area contributed by atoms with E-state index in [2.05, 4.69) is 0 Å². The molecular weight excluding hydrogens is 299 g/mol. The lowest BCUT2D eigenvalue weighted by molar-refractivity contribution is 0.436. The molecule has 0 fully saturated rings. The van der Waals surface area contributed by atoms with Crippen molar-refractivity contribution in [2.75, 3.05) is 0 Å². The third-order valence-corrected chi connectivity index (χ3v) is 4.39. The molecule has 5 heteroatoms. The van der Waals surface area contributed by atoms with E-state index in [9.17, 15) is 0 Å². The molecule has 0 radical (unpaired) electrons. The van der Waals surface area contributed by atoms with Crippen LogP contribution in [-0.2, 0) is 0 Å². The minimum atomic E-state index is -3.28. The van der Waals surface area contributed by atoms with Gasteiger partial charge in [-0.1, -0.05) is 57.6 Å². The van der Waals surface area contributed by atoms with Gasteiger partial charge in [-0.15, -0.1) is 0 Å². The molecule has 0 unspecified atom stereocenters. The van der Waals surface area contributed by atoms with Crippen molar-refractivity contribution in [1.82, 2.24) is 0 Å². The molecule has 19 heavy (non-hydrogen) atoms. The zero-order chi connectivity index (χ0) is 13.9. The Morgan fingerprint density at radius 2 is 1.00 bits per heavy atom. The van der Waals surface area contributed by atoms with E-state index in [4.69, 9.17) is 31.0 Å². The molecule has 2 nitrogen and oxygen atoms in total. The van der Waals surface area contributed by atoms with Gasteiger partial charge in [0, 0.05) is 0 Å². The SMILES string of the molecule is Cc1ccc(O[Si](Cl)(Cl)Oc2ccc(C)cc2)cc1. The van der Waals surface area contributed by atoms with Crippen LogP contribution in [0.4, 0.5) is 0 Å². The fourth-order valence-electron chi connectivity index (χ4n) is 1.51. The largest absolute Gasteiger partial charge is 0.681 e. The van der Waals surface area contributed by atoms with Gasteiger partial charge >= 0.3 is 7.18 Å². The van der Waals surface area contributed by atoms with Crippen LogP contribution in [0.1, 0.15) is 11.1 Å². The fraction of sp³-hybridized carbons (Fsp3) is 0.143. The Morgan fingerprint density at radius 1 is 0.684 bits per heavy atom. The summed E-state index contributed by atoms with van der Waals surface area (Å²) in [6.45, 7) is 4.00. The number of hydrogen-bond acceptors (Lipinski definition) is 2. The Morgan fingerprint density at radius 3 is 1.32 bits per heavy atom. The molecule has 0 bridgehead atoms. The summed E-state index contributed by atoms with van der Waals surface area (Å²) >= 11 is 12.3. The number of hydrogen-bond donors (Lipinski definition) is 0. The van der Waals surface area contributed by atoms with Gasteiger partial charge in [-0.05, 0) is 38.1 Å². The number of rotatable bonds is 4. The molecule has 0 spiro atoms. The maximum absolute atomic E-state index is 6.14. The van der Waals surface area contributed by atoms with Gasteiger partial charge in [0.1, 0.15) is 11.5 Å². The zero-order valence-corrected chi connectivity index (χ0v) is 13.2. The van der Waals surface area contributed by atoms with Crippen LogP contribution in [0.15, 0.2) is 48.5 Å². The lowest BCUT2D eigenvalue weighted by Crippen LogP contribution is -2.36. The van der Waals surface area contributed by atoms with Gasteiger partial charge in [0.2, 0.25) is 0 Å². The summed E-state index contributed by atoms with van der Waals surface area (Å²) in [5, 5.41) is 0. The Bertz CT molecular complexity index is 489. The van der Waals surface area contributed by atoms with E-state index in [1.165, 1.54) is 0 Å². The van der Waals surface area contributed by atoms with Gasteiger partial charge < -0.3 is 8.85 Å². The molecule has 0 amide bonds. The summed E-state index contributed by atoms with van der Waals surface area (Å²) in [6.07, 6.45) is 0. The quantitative estimate of drug-likeness (QED) is 0.603. The van der Waals surface area contributed by atoms with E-state index in [0.29, 0.717) is 11.5 Å². The normalized spacial score (nSPS) is 11.2. The van der Waals surface area contributed by atoms with Crippen molar-refractivity contribution >= 4 is 29.3 Å². The standard InChI is InChI=1S/C14H14Cl2O2Si/c1-11-3-7-13(8-4-11)17-19(15,16)18-14-9-5-12(2)6-10-14/h3-10H,1-2H3. The van der Waals surface area contributed by atoms with Gasteiger partial charge in [0.15, 0.2) is 0 Å². The van der Waals surface area contributed by atoms with E-state index in [1.807, 2.05) is 62.4 Å². The summed E-state index contributed by atoms with van der Waals surface area (Å²) < 4.78 is 11.1. The first kappa shape index (κ1) is 14.3. The second-order valence-electron chi connectivity index (χ2n) is 4.29. The van der Waals surface area contributed by atoms with Crippen LogP contribution in [0.3, 0.4) is 0 Å². The topological polar surface area (TPSA) is 18.5 Å². The van der Waals surface area contributed by atoms with E-state index in [-0.39, 0.29) is 0 Å². The molecule has 2 aromatic carbocycles. The molecular formula is C14H14Cl2O2Si. The number of aryl methyl sites for hydroxylation is 2. The van der Waals surface area contributed by atoms with E-state index in [0.717, 1.165) is 11.1 Å². The van der Waals surface area contributed by atoms with Gasteiger partial charge in [-0.3, -0.25) is 0 Å². The molecule has 0 N–H and O–H groups in total. The lowest BCUT2D eigenvalue weighted by atomic mass is 10.2. The van der Waals surface area contributed by atoms with Crippen LogP contribution in [0.2, 0.25) is 0 Å². The van der Waals surface area contributed by atoms with Crippen LogP contribution in [0, 0.1) is 13.8 Å². The van der Waals surface area contributed by atoms with E-state index in [1.54, 1.807) is 0 Å². The molecule has 0 aliphatic rings. The van der Waals surface area contributed by atoms with Crippen LogP contribution in [-0.4, -0.2) is 7.18 Å². The summed E-state index contributed by atoms with van der Waals surface area (Å²) in [4.78, 5) is 0. The second kappa shape index (κ2) is 5.86. The van der Waals surface area contributed by atoms with Crippen molar-refractivity contribution in [2.24, 2.45) is 0 Å². The first-order chi connectivity index (χ1) is 8.94. The predicted molar refractivity (Wildman–Crippen MR) is 81.1 cm³/mol. The average molecular weight is 313 g/mol. The van der Waals surface area contributed by atoms with Crippen molar-refractivity contribution in [3.8, 4) is 11.5 Å². The van der Waals surface area contributed by atoms with E-state index >= 15 is 0 Å². The lowest BCUT2D eigenvalue weighted by Gasteiger charge is -2.19. The molecule has 2 rings (SSSR count). The van der Waals surface area contributed by atoms with Gasteiger partial charge in [0.25, 0.3) is 0 Å². The zero-order valence-electron chi connectivity index (χ0n) is 10.7. The summed E-state index contributed by atoms with van der Waals surface area (Å²) in [5.41, 5.74) is 2.28. The maximum Gasteiger partial charge on any atom is 0.681 e.